The quantitative estimate of drug-likeness (QED) is 0.756. The summed E-state index contributed by atoms with van der Waals surface area (Å²) in [6.07, 6.45) is 1.50. The van der Waals surface area contributed by atoms with Crippen LogP contribution in [0.25, 0.3) is 0 Å². The molecule has 2 aromatic rings. The summed E-state index contributed by atoms with van der Waals surface area (Å²) in [7, 11) is -2.11. The summed E-state index contributed by atoms with van der Waals surface area (Å²) in [5.74, 6) is 0.246. The Morgan fingerprint density at radius 2 is 1.92 bits per heavy atom. The van der Waals surface area contributed by atoms with Crippen molar-refractivity contribution in [2.75, 3.05) is 13.7 Å². The summed E-state index contributed by atoms with van der Waals surface area (Å²) in [4.78, 5) is 0.212. The van der Waals surface area contributed by atoms with E-state index in [0.717, 1.165) is 18.4 Å². The number of methoxy groups -OCH3 is 1. The lowest BCUT2D eigenvalue weighted by Crippen LogP contribution is -2.30. The molecule has 2 aromatic carbocycles. The molecule has 1 fully saturated rings. The van der Waals surface area contributed by atoms with Gasteiger partial charge >= 0.3 is 0 Å². The molecule has 0 bridgehead atoms. The summed E-state index contributed by atoms with van der Waals surface area (Å²) in [5.41, 5.74) is 0.810. The van der Waals surface area contributed by atoms with Crippen molar-refractivity contribution < 1.29 is 17.5 Å². The highest BCUT2D eigenvalue weighted by molar-refractivity contribution is 9.10. The van der Waals surface area contributed by atoms with E-state index in [2.05, 4.69) is 15.9 Å². The Kier molecular flexibility index (Phi) is 4.94. The zero-order chi connectivity index (χ0) is 17.3. The molecule has 24 heavy (non-hydrogen) atoms. The van der Waals surface area contributed by atoms with Crippen molar-refractivity contribution in [3.63, 3.8) is 0 Å². The molecule has 128 valence electrons. The van der Waals surface area contributed by atoms with Crippen molar-refractivity contribution in [2.24, 2.45) is 0 Å². The smallest absolute Gasteiger partial charge is 0.243 e. The fraction of sp³-hybridized carbons (Fsp3) is 0.294. The molecule has 1 unspecified atom stereocenters. The molecular formula is C17H17BrFNO3S. The third-order valence-electron chi connectivity index (χ3n) is 4.19. The maximum absolute atomic E-state index is 13.1. The Balaban J connectivity index is 1.96. The van der Waals surface area contributed by atoms with Gasteiger partial charge in [-0.3, -0.25) is 0 Å². The minimum atomic E-state index is -3.64. The van der Waals surface area contributed by atoms with Gasteiger partial charge in [0.05, 0.1) is 22.5 Å². The van der Waals surface area contributed by atoms with E-state index in [1.165, 1.54) is 23.5 Å². The van der Waals surface area contributed by atoms with Crippen LogP contribution in [-0.2, 0) is 10.0 Å². The molecule has 0 amide bonds. The van der Waals surface area contributed by atoms with E-state index in [1.807, 2.05) is 0 Å². The van der Waals surface area contributed by atoms with Crippen LogP contribution >= 0.6 is 15.9 Å². The van der Waals surface area contributed by atoms with Crippen molar-refractivity contribution in [1.82, 2.24) is 4.31 Å². The highest BCUT2D eigenvalue weighted by Gasteiger charge is 2.36. The molecule has 0 N–H and O–H groups in total. The number of halogens is 2. The number of hydrogen-bond acceptors (Lipinski definition) is 3. The van der Waals surface area contributed by atoms with Crippen LogP contribution in [0.15, 0.2) is 51.8 Å². The van der Waals surface area contributed by atoms with Crippen LogP contribution in [0.5, 0.6) is 5.75 Å². The molecule has 1 saturated heterocycles. The van der Waals surface area contributed by atoms with Gasteiger partial charge in [0.1, 0.15) is 11.6 Å². The van der Waals surface area contributed by atoms with Gasteiger partial charge in [-0.25, -0.2) is 12.8 Å². The molecule has 3 rings (SSSR count). The molecule has 4 nitrogen and oxygen atoms in total. The Morgan fingerprint density at radius 3 is 2.54 bits per heavy atom. The third-order valence-corrected chi connectivity index (χ3v) is 6.71. The molecule has 1 atom stereocenters. The molecule has 7 heteroatoms. The summed E-state index contributed by atoms with van der Waals surface area (Å²) < 4.78 is 46.4. The topological polar surface area (TPSA) is 46.6 Å². The predicted molar refractivity (Wildman–Crippen MR) is 93.0 cm³/mol. The summed E-state index contributed by atoms with van der Waals surface area (Å²) in [6, 6.07) is 10.5. The molecule has 0 saturated carbocycles. The highest BCUT2D eigenvalue weighted by Crippen LogP contribution is 2.38. The zero-order valence-corrected chi connectivity index (χ0v) is 15.5. The molecule has 0 spiro atoms. The second kappa shape index (κ2) is 6.82. The first-order valence-corrected chi connectivity index (χ1v) is 9.77. The molecule has 1 aliphatic rings. The van der Waals surface area contributed by atoms with Crippen LogP contribution in [0, 0.1) is 5.82 Å². The van der Waals surface area contributed by atoms with E-state index in [0.29, 0.717) is 16.8 Å². The van der Waals surface area contributed by atoms with Crippen molar-refractivity contribution in [3.8, 4) is 5.75 Å². The zero-order valence-electron chi connectivity index (χ0n) is 13.1. The Labute approximate surface area is 149 Å². The van der Waals surface area contributed by atoms with E-state index in [1.54, 1.807) is 30.3 Å². The molecular weight excluding hydrogens is 397 g/mol. The normalized spacial score (nSPS) is 18.7. The van der Waals surface area contributed by atoms with Crippen LogP contribution in [0.4, 0.5) is 4.39 Å². The number of rotatable bonds is 4. The highest BCUT2D eigenvalue weighted by atomic mass is 79.9. The van der Waals surface area contributed by atoms with Gasteiger partial charge < -0.3 is 4.74 Å². The first kappa shape index (κ1) is 17.4. The second-order valence-corrected chi connectivity index (χ2v) is 8.37. The van der Waals surface area contributed by atoms with Crippen molar-refractivity contribution >= 4 is 26.0 Å². The van der Waals surface area contributed by atoms with Crippen molar-refractivity contribution in [2.45, 2.75) is 23.8 Å². The summed E-state index contributed by atoms with van der Waals surface area (Å²) >= 11 is 3.33. The number of benzene rings is 2. The van der Waals surface area contributed by atoms with Gasteiger partial charge in [-0.1, -0.05) is 12.1 Å². The lowest BCUT2D eigenvalue weighted by Gasteiger charge is -2.24. The van der Waals surface area contributed by atoms with Gasteiger partial charge in [0.25, 0.3) is 0 Å². The van der Waals surface area contributed by atoms with Gasteiger partial charge in [0.2, 0.25) is 10.0 Å². The number of hydrogen-bond donors (Lipinski definition) is 0. The van der Waals surface area contributed by atoms with Crippen LogP contribution in [0.3, 0.4) is 0 Å². The first-order valence-electron chi connectivity index (χ1n) is 7.54. The molecule has 1 heterocycles. The maximum Gasteiger partial charge on any atom is 0.243 e. The van der Waals surface area contributed by atoms with Crippen LogP contribution < -0.4 is 4.74 Å². The largest absolute Gasteiger partial charge is 0.496 e. The van der Waals surface area contributed by atoms with Crippen LogP contribution in [0.2, 0.25) is 0 Å². The van der Waals surface area contributed by atoms with Gasteiger partial charge in [0, 0.05) is 6.54 Å². The average Bonchev–Trinajstić information content (AvgIpc) is 3.06. The Bertz CT molecular complexity index is 839. The van der Waals surface area contributed by atoms with Gasteiger partial charge in [-0.05, 0) is 64.7 Å². The third kappa shape index (κ3) is 3.20. The number of ether oxygens (including phenoxy) is 1. The minimum absolute atomic E-state index is 0.212. The Hall–Kier alpha value is -1.44. The molecule has 0 radical (unpaired) electrons. The monoisotopic (exact) mass is 413 g/mol. The van der Waals surface area contributed by atoms with Gasteiger partial charge in [0.15, 0.2) is 0 Å². The fourth-order valence-electron chi connectivity index (χ4n) is 2.99. The van der Waals surface area contributed by atoms with Crippen molar-refractivity contribution in [1.29, 1.82) is 0 Å². The van der Waals surface area contributed by atoms with E-state index < -0.39 is 10.0 Å². The minimum Gasteiger partial charge on any atom is -0.496 e. The first-order chi connectivity index (χ1) is 11.4. The summed E-state index contributed by atoms with van der Waals surface area (Å²) in [6.45, 7) is 0.452. The van der Waals surface area contributed by atoms with E-state index >= 15 is 0 Å². The molecule has 0 aliphatic carbocycles. The van der Waals surface area contributed by atoms with Crippen LogP contribution in [0.1, 0.15) is 24.4 Å². The SMILES string of the molecule is COc1ccc(S(=O)(=O)N2CCCC2c2ccc(F)cc2)cc1Br. The number of nitrogens with zero attached hydrogens (tertiary/aromatic N) is 1. The molecule has 1 aliphatic heterocycles. The predicted octanol–water partition coefficient (Wildman–Crippen LogP) is 4.12. The van der Waals surface area contributed by atoms with E-state index in [-0.39, 0.29) is 16.8 Å². The number of sulfonamides is 1. The van der Waals surface area contributed by atoms with Crippen molar-refractivity contribution in [3.05, 3.63) is 58.3 Å². The van der Waals surface area contributed by atoms with Gasteiger partial charge in [-0.2, -0.15) is 4.31 Å². The standard InChI is InChI=1S/C17H17BrFNO3S/c1-23-17-9-8-14(11-15(17)18)24(21,22)20-10-2-3-16(20)12-4-6-13(19)7-5-12/h4-9,11,16H,2-3,10H2,1H3. The summed E-state index contributed by atoms with van der Waals surface area (Å²) in [5, 5.41) is 0. The fourth-order valence-corrected chi connectivity index (χ4v) is 5.39. The molecule has 0 aromatic heterocycles. The second-order valence-electron chi connectivity index (χ2n) is 5.62. The van der Waals surface area contributed by atoms with Gasteiger partial charge in [-0.15, -0.1) is 0 Å². The van der Waals surface area contributed by atoms with Crippen LogP contribution in [-0.4, -0.2) is 26.4 Å². The maximum atomic E-state index is 13.1. The Morgan fingerprint density at radius 1 is 1.21 bits per heavy atom. The lowest BCUT2D eigenvalue weighted by molar-refractivity contribution is 0.395. The van der Waals surface area contributed by atoms with E-state index in [9.17, 15) is 12.8 Å². The lowest BCUT2D eigenvalue weighted by atomic mass is 10.1. The van der Waals surface area contributed by atoms with E-state index in [4.69, 9.17) is 4.74 Å². The average molecular weight is 414 g/mol.